The highest BCUT2D eigenvalue weighted by molar-refractivity contribution is 6.02. The lowest BCUT2D eigenvalue weighted by molar-refractivity contribution is -0.141. The number of carbonyl (C=O) groups excluding carboxylic acids is 3. The quantitative estimate of drug-likeness (QED) is 0.483. The van der Waals surface area contributed by atoms with E-state index in [1.54, 1.807) is 36.3 Å². The van der Waals surface area contributed by atoms with Gasteiger partial charge in [0, 0.05) is 30.9 Å². The molecule has 2 N–H and O–H groups in total. The molecule has 2 bridgehead atoms. The number of ether oxygens (including phenoxy) is 2. The largest absolute Gasteiger partial charge is 0.497 e. The van der Waals surface area contributed by atoms with Crippen LogP contribution in [0.4, 0.5) is 5.69 Å². The average Bonchev–Trinajstić information content (AvgIpc) is 3.61. The molecule has 0 aromatic heterocycles. The second kappa shape index (κ2) is 11.2. The molecule has 1 aromatic carbocycles. The summed E-state index contributed by atoms with van der Waals surface area (Å²) in [6.45, 7) is 4.39. The van der Waals surface area contributed by atoms with E-state index in [4.69, 9.17) is 9.47 Å². The SMILES string of the molecule is COc1ccc(NC(=O)[C@@H]2[C@@H]3C=C[C@]4(O3)[C@@H]2C(=O)N(CCN2CCCC[C@@H]2C)[C@@H]4C(=O)NC2CCCCC2)cc1. The fourth-order valence-electron chi connectivity index (χ4n) is 7.66. The summed E-state index contributed by atoms with van der Waals surface area (Å²) in [5, 5.41) is 6.25. The van der Waals surface area contributed by atoms with Crippen molar-refractivity contribution in [1.82, 2.24) is 15.1 Å². The molecule has 216 valence electrons. The number of piperidine rings is 1. The molecule has 9 nitrogen and oxygen atoms in total. The van der Waals surface area contributed by atoms with E-state index in [0.717, 1.165) is 45.1 Å². The Kier molecular flexibility index (Phi) is 7.61. The Labute approximate surface area is 236 Å². The summed E-state index contributed by atoms with van der Waals surface area (Å²) in [5.41, 5.74) is -0.504. The molecule has 0 radical (unpaired) electrons. The molecule has 4 fully saturated rings. The highest BCUT2D eigenvalue weighted by Gasteiger charge is 2.72. The van der Waals surface area contributed by atoms with Gasteiger partial charge in [0.15, 0.2) is 0 Å². The third-order valence-electron chi connectivity index (χ3n) is 9.80. The maximum Gasteiger partial charge on any atom is 0.246 e. The molecule has 4 heterocycles. The maximum absolute atomic E-state index is 14.2. The predicted octanol–water partition coefficient (Wildman–Crippen LogP) is 3.11. The molecule has 6 rings (SSSR count). The molecule has 3 saturated heterocycles. The van der Waals surface area contributed by atoms with E-state index in [2.05, 4.69) is 22.5 Å². The number of fused-ring (bicyclic) bond motifs is 1. The van der Waals surface area contributed by atoms with Gasteiger partial charge in [-0.15, -0.1) is 0 Å². The van der Waals surface area contributed by atoms with Gasteiger partial charge in [0.1, 0.15) is 17.4 Å². The second-order valence-electron chi connectivity index (χ2n) is 12.2. The van der Waals surface area contributed by atoms with Crippen LogP contribution in [0.25, 0.3) is 0 Å². The molecule has 1 aromatic rings. The summed E-state index contributed by atoms with van der Waals surface area (Å²) in [4.78, 5) is 46.0. The fourth-order valence-corrected chi connectivity index (χ4v) is 7.66. The van der Waals surface area contributed by atoms with E-state index in [9.17, 15) is 14.4 Å². The minimum atomic E-state index is -1.13. The average molecular weight is 551 g/mol. The number of likely N-dealkylation sites (tertiary alicyclic amines) is 2. The van der Waals surface area contributed by atoms with Gasteiger partial charge in [-0.25, -0.2) is 0 Å². The first-order valence-electron chi connectivity index (χ1n) is 15.1. The molecule has 9 heteroatoms. The van der Waals surface area contributed by atoms with E-state index in [0.29, 0.717) is 30.6 Å². The van der Waals surface area contributed by atoms with Gasteiger partial charge in [0.2, 0.25) is 17.7 Å². The van der Waals surface area contributed by atoms with Crippen molar-refractivity contribution < 1.29 is 23.9 Å². The van der Waals surface area contributed by atoms with Crippen LogP contribution in [0.1, 0.15) is 58.3 Å². The van der Waals surface area contributed by atoms with Crippen molar-refractivity contribution in [1.29, 1.82) is 0 Å². The van der Waals surface area contributed by atoms with Crippen LogP contribution < -0.4 is 15.4 Å². The zero-order chi connectivity index (χ0) is 27.9. The van der Waals surface area contributed by atoms with Gasteiger partial charge in [0.05, 0.1) is 25.0 Å². The summed E-state index contributed by atoms with van der Waals surface area (Å²) in [6.07, 6.45) is 12.1. The summed E-state index contributed by atoms with van der Waals surface area (Å²) in [5.74, 6) is -1.33. The summed E-state index contributed by atoms with van der Waals surface area (Å²) in [7, 11) is 1.59. The molecule has 0 unspecified atom stereocenters. The third kappa shape index (κ3) is 4.81. The smallest absolute Gasteiger partial charge is 0.246 e. The molecule has 5 aliphatic rings. The number of hydrogen-bond acceptors (Lipinski definition) is 6. The number of nitrogens with zero attached hydrogens (tertiary/aromatic N) is 2. The van der Waals surface area contributed by atoms with Crippen molar-refractivity contribution in [2.45, 2.75) is 88.1 Å². The Morgan fingerprint density at radius 1 is 1.02 bits per heavy atom. The highest BCUT2D eigenvalue weighted by atomic mass is 16.5. The molecule has 1 aliphatic carbocycles. The topological polar surface area (TPSA) is 100 Å². The highest BCUT2D eigenvalue weighted by Crippen LogP contribution is 2.55. The molecule has 3 amide bonds. The number of carbonyl (C=O) groups is 3. The van der Waals surface area contributed by atoms with E-state index in [-0.39, 0.29) is 23.8 Å². The zero-order valence-electron chi connectivity index (χ0n) is 23.6. The lowest BCUT2D eigenvalue weighted by Gasteiger charge is -2.37. The Hall–Kier alpha value is -2.91. The summed E-state index contributed by atoms with van der Waals surface area (Å²) < 4.78 is 11.7. The third-order valence-corrected chi connectivity index (χ3v) is 9.80. The molecule has 1 saturated carbocycles. The van der Waals surface area contributed by atoms with Gasteiger partial charge in [0.25, 0.3) is 0 Å². The van der Waals surface area contributed by atoms with Crippen LogP contribution in [0.2, 0.25) is 0 Å². The fraction of sp³-hybridized carbons (Fsp3) is 0.645. The molecular weight excluding hydrogens is 508 g/mol. The lowest BCUT2D eigenvalue weighted by Crippen LogP contribution is -2.57. The van der Waals surface area contributed by atoms with Crippen LogP contribution in [0.3, 0.4) is 0 Å². The first-order chi connectivity index (χ1) is 19.4. The van der Waals surface area contributed by atoms with E-state index < -0.39 is 29.6 Å². The Bertz CT molecular complexity index is 1150. The molecule has 40 heavy (non-hydrogen) atoms. The number of nitrogens with one attached hydrogen (secondary N) is 2. The number of methoxy groups -OCH3 is 1. The van der Waals surface area contributed by atoms with Crippen LogP contribution in [-0.2, 0) is 19.1 Å². The number of hydrogen-bond donors (Lipinski definition) is 2. The van der Waals surface area contributed by atoms with Crippen LogP contribution in [0.15, 0.2) is 36.4 Å². The summed E-state index contributed by atoms with van der Waals surface area (Å²) >= 11 is 0. The van der Waals surface area contributed by atoms with Gasteiger partial charge in [-0.2, -0.15) is 0 Å². The van der Waals surface area contributed by atoms with Crippen molar-refractivity contribution in [3.8, 4) is 5.75 Å². The zero-order valence-corrected chi connectivity index (χ0v) is 23.6. The monoisotopic (exact) mass is 550 g/mol. The molecular formula is C31H42N4O5. The van der Waals surface area contributed by atoms with Gasteiger partial charge in [-0.3, -0.25) is 19.3 Å². The van der Waals surface area contributed by atoms with Gasteiger partial charge in [-0.05, 0) is 63.4 Å². The van der Waals surface area contributed by atoms with Crippen LogP contribution >= 0.6 is 0 Å². The first kappa shape index (κ1) is 27.3. The van der Waals surface area contributed by atoms with Crippen molar-refractivity contribution in [3.63, 3.8) is 0 Å². The number of rotatable bonds is 8. The molecule has 4 aliphatic heterocycles. The van der Waals surface area contributed by atoms with Crippen molar-refractivity contribution in [3.05, 3.63) is 36.4 Å². The van der Waals surface area contributed by atoms with Crippen LogP contribution in [-0.4, -0.2) is 84.1 Å². The van der Waals surface area contributed by atoms with Gasteiger partial charge >= 0.3 is 0 Å². The normalized spacial score (nSPS) is 33.7. The number of amides is 3. The maximum atomic E-state index is 14.2. The Balaban J connectivity index is 1.26. The van der Waals surface area contributed by atoms with E-state index in [1.807, 2.05) is 12.2 Å². The van der Waals surface area contributed by atoms with Crippen molar-refractivity contribution >= 4 is 23.4 Å². The second-order valence-corrected chi connectivity index (χ2v) is 12.2. The van der Waals surface area contributed by atoms with Crippen LogP contribution in [0, 0.1) is 11.8 Å². The Morgan fingerprint density at radius 3 is 2.50 bits per heavy atom. The Morgan fingerprint density at radius 2 is 1.77 bits per heavy atom. The predicted molar refractivity (Wildman–Crippen MR) is 151 cm³/mol. The minimum absolute atomic E-state index is 0.118. The molecule has 1 spiro atoms. The van der Waals surface area contributed by atoms with Gasteiger partial charge in [-0.1, -0.05) is 37.8 Å². The molecule has 6 atom stereocenters. The van der Waals surface area contributed by atoms with Crippen LogP contribution in [0.5, 0.6) is 5.75 Å². The van der Waals surface area contributed by atoms with Crippen molar-refractivity contribution in [2.75, 3.05) is 32.1 Å². The van der Waals surface area contributed by atoms with Crippen molar-refractivity contribution in [2.24, 2.45) is 11.8 Å². The summed E-state index contributed by atoms with van der Waals surface area (Å²) in [6, 6.07) is 6.90. The van der Waals surface area contributed by atoms with E-state index in [1.165, 1.54) is 12.8 Å². The minimum Gasteiger partial charge on any atom is -0.497 e. The number of benzene rings is 1. The lowest BCUT2D eigenvalue weighted by atomic mass is 9.74. The number of anilines is 1. The van der Waals surface area contributed by atoms with E-state index >= 15 is 0 Å². The first-order valence-corrected chi connectivity index (χ1v) is 15.1. The standard InChI is InChI=1S/C31H42N4O5/c1-20-8-6-7-17-34(20)18-19-35-27(29(37)33-21-9-4-3-5-10-21)31-16-15-24(40-31)25(26(31)30(35)38)28(36)32-22-11-13-23(39-2)14-12-22/h11-16,20-21,24-27H,3-10,17-19H2,1-2H3,(H,32,36)(H,33,37)/t20-,24-,25+,26-,27+,31-/m0/s1. The van der Waals surface area contributed by atoms with Gasteiger partial charge < -0.3 is 25.0 Å².